The fourth-order valence-electron chi connectivity index (χ4n) is 4.88. The zero-order chi connectivity index (χ0) is 22.8. The highest BCUT2D eigenvalue weighted by Gasteiger charge is 2.29. The lowest BCUT2D eigenvalue weighted by Crippen LogP contribution is -2.45. The summed E-state index contributed by atoms with van der Waals surface area (Å²) < 4.78 is 2.13. The fourth-order valence-corrected chi connectivity index (χ4v) is 4.88. The maximum Gasteiger partial charge on any atom is 0.254 e. The van der Waals surface area contributed by atoms with Crippen LogP contribution in [0.4, 0.5) is 0 Å². The monoisotopic (exact) mass is 440 g/mol. The van der Waals surface area contributed by atoms with Gasteiger partial charge >= 0.3 is 0 Å². The number of hydrogen-bond acceptors (Lipinski definition) is 3. The van der Waals surface area contributed by atoms with Gasteiger partial charge in [-0.3, -0.25) is 9.59 Å². The van der Waals surface area contributed by atoms with Crippen molar-refractivity contribution in [2.45, 2.75) is 32.9 Å². The highest BCUT2D eigenvalue weighted by Crippen LogP contribution is 2.24. The lowest BCUT2D eigenvalue weighted by atomic mass is 9.95. The number of hydrogen-bond donors (Lipinski definition) is 1. The molecule has 6 nitrogen and oxygen atoms in total. The zero-order valence-corrected chi connectivity index (χ0v) is 18.8. The molecule has 1 aliphatic rings. The summed E-state index contributed by atoms with van der Waals surface area (Å²) in [5.41, 5.74) is 2.72. The van der Waals surface area contributed by atoms with Crippen molar-refractivity contribution in [3.8, 4) is 0 Å². The molecule has 1 saturated heterocycles. The molecule has 0 aliphatic carbocycles. The zero-order valence-electron chi connectivity index (χ0n) is 18.8. The van der Waals surface area contributed by atoms with Crippen LogP contribution in [0.3, 0.4) is 0 Å². The van der Waals surface area contributed by atoms with Gasteiger partial charge in [-0.25, -0.2) is 4.98 Å². The van der Waals surface area contributed by atoms with E-state index in [2.05, 4.69) is 22.9 Å². The van der Waals surface area contributed by atoms with Gasteiger partial charge in [0.2, 0.25) is 5.91 Å². The van der Waals surface area contributed by atoms with Gasteiger partial charge in [0.1, 0.15) is 5.82 Å². The van der Waals surface area contributed by atoms with Crippen LogP contribution in [-0.2, 0) is 17.9 Å². The minimum absolute atomic E-state index is 0.00271. The number of nitrogens with one attached hydrogen (secondary N) is 1. The second-order valence-corrected chi connectivity index (χ2v) is 8.60. The molecular weight excluding hydrogens is 412 g/mol. The smallest absolute Gasteiger partial charge is 0.254 e. The Morgan fingerprint density at radius 1 is 1.03 bits per heavy atom. The second-order valence-electron chi connectivity index (χ2n) is 8.60. The molecule has 2 amide bonds. The number of para-hydroxylation sites is 2. The van der Waals surface area contributed by atoms with Crippen molar-refractivity contribution in [3.63, 3.8) is 0 Å². The number of imidazole rings is 1. The number of piperidine rings is 1. The standard InChI is InChI=1S/C27H28N4O2/c1-2-31-24-15-6-5-14-23(24)29-25(31)17-28-26(32)20-11-8-16-30(18-20)27(33)22-13-7-10-19-9-3-4-12-21(19)22/h3-7,9-10,12-15,20H,2,8,11,16-18H2,1H3,(H,28,32). The first-order chi connectivity index (χ1) is 16.2. The Hall–Kier alpha value is -3.67. The number of amides is 2. The van der Waals surface area contributed by atoms with Crippen molar-refractivity contribution in [2.24, 2.45) is 5.92 Å². The molecule has 0 bridgehead atoms. The normalized spacial score (nSPS) is 16.3. The van der Waals surface area contributed by atoms with Gasteiger partial charge in [0.05, 0.1) is 23.5 Å². The van der Waals surface area contributed by atoms with Gasteiger partial charge in [-0.1, -0.05) is 48.5 Å². The van der Waals surface area contributed by atoms with E-state index in [4.69, 9.17) is 4.98 Å². The highest BCUT2D eigenvalue weighted by atomic mass is 16.2. The van der Waals surface area contributed by atoms with E-state index in [1.54, 1.807) is 0 Å². The van der Waals surface area contributed by atoms with Gasteiger partial charge in [-0.15, -0.1) is 0 Å². The number of likely N-dealkylation sites (tertiary alicyclic amines) is 1. The molecule has 0 spiro atoms. The number of carbonyl (C=O) groups is 2. The molecule has 33 heavy (non-hydrogen) atoms. The summed E-state index contributed by atoms with van der Waals surface area (Å²) in [4.78, 5) is 32.9. The van der Waals surface area contributed by atoms with Crippen LogP contribution < -0.4 is 5.32 Å². The Balaban J connectivity index is 1.28. The average Bonchev–Trinajstić information content (AvgIpc) is 3.24. The van der Waals surface area contributed by atoms with Gasteiger partial charge in [0.15, 0.2) is 0 Å². The van der Waals surface area contributed by atoms with Crippen LogP contribution in [-0.4, -0.2) is 39.4 Å². The number of fused-ring (bicyclic) bond motifs is 2. The van der Waals surface area contributed by atoms with Crippen molar-refractivity contribution in [2.75, 3.05) is 13.1 Å². The Morgan fingerprint density at radius 2 is 1.82 bits per heavy atom. The summed E-state index contributed by atoms with van der Waals surface area (Å²) in [7, 11) is 0. The lowest BCUT2D eigenvalue weighted by Gasteiger charge is -2.32. The van der Waals surface area contributed by atoms with Crippen molar-refractivity contribution in [1.82, 2.24) is 19.8 Å². The minimum Gasteiger partial charge on any atom is -0.349 e. The van der Waals surface area contributed by atoms with Crippen molar-refractivity contribution in [1.29, 1.82) is 0 Å². The number of aryl methyl sites for hydroxylation is 1. The maximum atomic E-state index is 13.3. The predicted molar refractivity (Wildman–Crippen MR) is 130 cm³/mol. The highest BCUT2D eigenvalue weighted by molar-refractivity contribution is 6.07. The molecule has 3 aromatic carbocycles. The molecule has 1 unspecified atom stereocenters. The molecule has 1 aliphatic heterocycles. The average molecular weight is 441 g/mol. The predicted octanol–water partition coefficient (Wildman–Crippen LogP) is 4.38. The third-order valence-electron chi connectivity index (χ3n) is 6.57. The molecular formula is C27H28N4O2. The summed E-state index contributed by atoms with van der Waals surface area (Å²) >= 11 is 0. The van der Waals surface area contributed by atoms with E-state index < -0.39 is 0 Å². The summed E-state index contributed by atoms with van der Waals surface area (Å²) in [6.45, 7) is 4.38. The van der Waals surface area contributed by atoms with Crippen molar-refractivity contribution >= 4 is 33.6 Å². The number of benzene rings is 3. The molecule has 1 N–H and O–H groups in total. The molecule has 168 valence electrons. The van der Waals surface area contributed by atoms with Gasteiger partial charge in [-0.2, -0.15) is 0 Å². The van der Waals surface area contributed by atoms with Crippen LogP contribution in [0, 0.1) is 5.92 Å². The molecule has 1 aromatic heterocycles. The fraction of sp³-hybridized carbons (Fsp3) is 0.296. The largest absolute Gasteiger partial charge is 0.349 e. The lowest BCUT2D eigenvalue weighted by molar-refractivity contribution is -0.126. The van der Waals surface area contributed by atoms with E-state index in [9.17, 15) is 9.59 Å². The first-order valence-corrected chi connectivity index (χ1v) is 11.6. The van der Waals surface area contributed by atoms with E-state index in [0.29, 0.717) is 25.2 Å². The molecule has 1 fully saturated rings. The third-order valence-corrected chi connectivity index (χ3v) is 6.57. The molecule has 4 aromatic rings. The van der Waals surface area contributed by atoms with Crippen LogP contribution in [0.2, 0.25) is 0 Å². The quantitative estimate of drug-likeness (QED) is 0.501. The molecule has 6 heteroatoms. The minimum atomic E-state index is -0.211. The summed E-state index contributed by atoms with van der Waals surface area (Å²) in [6, 6.07) is 21.8. The Labute approximate surface area is 193 Å². The van der Waals surface area contributed by atoms with Gasteiger partial charge < -0.3 is 14.8 Å². The Kier molecular flexibility index (Phi) is 5.82. The van der Waals surface area contributed by atoms with Gasteiger partial charge in [0, 0.05) is 25.2 Å². The Morgan fingerprint density at radius 3 is 2.70 bits per heavy atom. The van der Waals surface area contributed by atoms with E-state index >= 15 is 0 Å². The molecule has 5 rings (SSSR count). The molecule has 1 atom stereocenters. The van der Waals surface area contributed by atoms with Crippen LogP contribution in [0.1, 0.15) is 35.9 Å². The van der Waals surface area contributed by atoms with E-state index in [0.717, 1.165) is 47.0 Å². The van der Waals surface area contributed by atoms with Gasteiger partial charge in [-0.05, 0) is 48.7 Å². The maximum absolute atomic E-state index is 13.3. The summed E-state index contributed by atoms with van der Waals surface area (Å²) in [5, 5.41) is 5.08. The van der Waals surface area contributed by atoms with Crippen LogP contribution in [0.5, 0.6) is 0 Å². The molecule has 2 heterocycles. The number of nitrogens with zero attached hydrogens (tertiary/aromatic N) is 3. The number of carbonyl (C=O) groups excluding carboxylic acids is 2. The van der Waals surface area contributed by atoms with E-state index in [-0.39, 0.29) is 17.7 Å². The summed E-state index contributed by atoms with van der Waals surface area (Å²) in [6.07, 6.45) is 1.61. The van der Waals surface area contributed by atoms with Gasteiger partial charge in [0.25, 0.3) is 5.91 Å². The van der Waals surface area contributed by atoms with E-state index in [1.165, 1.54) is 0 Å². The van der Waals surface area contributed by atoms with E-state index in [1.807, 2.05) is 65.6 Å². The number of rotatable bonds is 5. The SMILES string of the molecule is CCn1c(CNC(=O)C2CCCN(C(=O)c3cccc4ccccc34)C2)nc2ccccc21. The topological polar surface area (TPSA) is 67.2 Å². The Bertz CT molecular complexity index is 1320. The molecule has 0 radical (unpaired) electrons. The first-order valence-electron chi connectivity index (χ1n) is 11.6. The number of aromatic nitrogens is 2. The first kappa shape index (κ1) is 21.2. The second kappa shape index (κ2) is 9.06. The third kappa shape index (κ3) is 4.09. The molecule has 0 saturated carbocycles. The van der Waals surface area contributed by atoms with Crippen LogP contribution in [0.25, 0.3) is 21.8 Å². The summed E-state index contributed by atoms with van der Waals surface area (Å²) in [5.74, 6) is 0.626. The van der Waals surface area contributed by atoms with Crippen LogP contribution in [0.15, 0.2) is 66.7 Å². The van der Waals surface area contributed by atoms with Crippen molar-refractivity contribution in [3.05, 3.63) is 78.1 Å². The van der Waals surface area contributed by atoms with Crippen molar-refractivity contribution < 1.29 is 9.59 Å². The van der Waals surface area contributed by atoms with Crippen LogP contribution >= 0.6 is 0 Å².